The summed E-state index contributed by atoms with van der Waals surface area (Å²) in [7, 11) is 0. The molecule has 2 nitrogen and oxygen atoms in total. The van der Waals surface area contributed by atoms with Crippen LogP contribution in [0.4, 0.5) is 0 Å². The molecule has 1 aliphatic rings. The van der Waals surface area contributed by atoms with E-state index in [9.17, 15) is 9.59 Å². The maximum absolute atomic E-state index is 11.0. The molecule has 0 aliphatic heterocycles. The lowest BCUT2D eigenvalue weighted by Crippen LogP contribution is -2.25. The van der Waals surface area contributed by atoms with Crippen LogP contribution in [-0.2, 0) is 9.59 Å². The van der Waals surface area contributed by atoms with E-state index in [1.165, 1.54) is 0 Å². The largest absolute Gasteiger partial charge is 0.300 e. The first-order valence-electron chi connectivity index (χ1n) is 4.11. The number of hydrogen-bond donors (Lipinski definition) is 0. The predicted molar refractivity (Wildman–Crippen MR) is 42.2 cm³/mol. The molecule has 0 radical (unpaired) electrons. The summed E-state index contributed by atoms with van der Waals surface area (Å²) in [5, 5.41) is 0. The molecule has 1 aliphatic carbocycles. The van der Waals surface area contributed by atoms with E-state index in [2.05, 4.69) is 0 Å². The quantitative estimate of drug-likeness (QED) is 0.574. The molecule has 11 heavy (non-hydrogen) atoms. The van der Waals surface area contributed by atoms with Gasteiger partial charge in [0.2, 0.25) is 0 Å². The van der Waals surface area contributed by atoms with Gasteiger partial charge in [0.05, 0.1) is 0 Å². The highest BCUT2D eigenvalue weighted by Gasteiger charge is 2.26. The zero-order valence-electron chi connectivity index (χ0n) is 7.09. The van der Waals surface area contributed by atoms with Crippen molar-refractivity contribution in [3.8, 4) is 0 Å². The first-order valence-corrected chi connectivity index (χ1v) is 4.11. The van der Waals surface area contributed by atoms with Gasteiger partial charge in [0.25, 0.3) is 0 Å². The Kier molecular flexibility index (Phi) is 2.42. The smallest absolute Gasteiger partial charge is 0.133 e. The van der Waals surface area contributed by atoms with Crippen molar-refractivity contribution in [1.82, 2.24) is 0 Å². The SMILES string of the molecule is CC(=O)C1CC(=O)CC(C)C1. The molecule has 0 aromatic heterocycles. The fourth-order valence-electron chi connectivity index (χ4n) is 1.71. The van der Waals surface area contributed by atoms with Crippen LogP contribution in [-0.4, -0.2) is 11.6 Å². The van der Waals surface area contributed by atoms with Crippen LogP contribution in [0.15, 0.2) is 0 Å². The number of ketones is 2. The Labute approximate surface area is 67.0 Å². The zero-order chi connectivity index (χ0) is 8.43. The van der Waals surface area contributed by atoms with Gasteiger partial charge >= 0.3 is 0 Å². The molecule has 0 aromatic rings. The van der Waals surface area contributed by atoms with Crippen molar-refractivity contribution >= 4 is 11.6 Å². The second-order valence-electron chi connectivity index (χ2n) is 3.60. The average molecular weight is 154 g/mol. The number of Topliss-reactive ketones (excluding diaryl/α,β-unsaturated/α-hetero) is 2. The van der Waals surface area contributed by atoms with Crippen molar-refractivity contribution in [2.45, 2.75) is 33.1 Å². The summed E-state index contributed by atoms with van der Waals surface area (Å²) in [6.45, 7) is 3.61. The molecule has 0 spiro atoms. The van der Waals surface area contributed by atoms with E-state index in [0.29, 0.717) is 18.8 Å². The van der Waals surface area contributed by atoms with Gasteiger partial charge in [-0.25, -0.2) is 0 Å². The Morgan fingerprint density at radius 2 is 2.09 bits per heavy atom. The van der Waals surface area contributed by atoms with Gasteiger partial charge in [-0.3, -0.25) is 9.59 Å². The summed E-state index contributed by atoms with van der Waals surface area (Å²) in [6, 6.07) is 0. The van der Waals surface area contributed by atoms with Crippen LogP contribution < -0.4 is 0 Å². The fraction of sp³-hybridized carbons (Fsp3) is 0.778. The number of rotatable bonds is 1. The first kappa shape index (κ1) is 8.44. The Morgan fingerprint density at radius 3 is 2.55 bits per heavy atom. The zero-order valence-corrected chi connectivity index (χ0v) is 7.09. The summed E-state index contributed by atoms with van der Waals surface area (Å²) in [5.74, 6) is 0.852. The standard InChI is InChI=1S/C9H14O2/c1-6-3-8(7(2)10)5-9(11)4-6/h6,8H,3-5H2,1-2H3. The Balaban J connectivity index is 2.56. The van der Waals surface area contributed by atoms with E-state index in [0.717, 1.165) is 6.42 Å². The molecule has 62 valence electrons. The molecule has 2 heteroatoms. The summed E-state index contributed by atoms with van der Waals surface area (Å²) in [5.41, 5.74) is 0. The van der Waals surface area contributed by atoms with Gasteiger partial charge in [-0.2, -0.15) is 0 Å². The van der Waals surface area contributed by atoms with E-state index in [1.807, 2.05) is 6.92 Å². The molecule has 2 atom stereocenters. The van der Waals surface area contributed by atoms with Crippen molar-refractivity contribution < 1.29 is 9.59 Å². The topological polar surface area (TPSA) is 34.1 Å². The highest BCUT2D eigenvalue weighted by atomic mass is 16.1. The summed E-state index contributed by atoms with van der Waals surface area (Å²) >= 11 is 0. The predicted octanol–water partition coefficient (Wildman–Crippen LogP) is 1.58. The Hall–Kier alpha value is -0.660. The molecule has 1 fully saturated rings. The van der Waals surface area contributed by atoms with Crippen LogP contribution in [0.25, 0.3) is 0 Å². The molecule has 0 amide bonds. The van der Waals surface area contributed by atoms with Crippen LogP contribution >= 0.6 is 0 Å². The lowest BCUT2D eigenvalue weighted by molar-refractivity contribution is -0.130. The lowest BCUT2D eigenvalue weighted by Gasteiger charge is -2.23. The number of hydrogen-bond acceptors (Lipinski definition) is 2. The van der Waals surface area contributed by atoms with E-state index >= 15 is 0 Å². The van der Waals surface area contributed by atoms with Crippen LogP contribution in [0.2, 0.25) is 0 Å². The number of carbonyl (C=O) groups excluding carboxylic acids is 2. The second-order valence-corrected chi connectivity index (χ2v) is 3.60. The average Bonchev–Trinajstić information content (AvgIpc) is 1.85. The minimum absolute atomic E-state index is 0.0197. The summed E-state index contributed by atoms with van der Waals surface area (Å²) in [4.78, 5) is 22.0. The van der Waals surface area contributed by atoms with Crippen molar-refractivity contribution in [1.29, 1.82) is 0 Å². The van der Waals surface area contributed by atoms with E-state index < -0.39 is 0 Å². The highest BCUT2D eigenvalue weighted by molar-refractivity contribution is 5.87. The van der Waals surface area contributed by atoms with Gasteiger partial charge in [-0.15, -0.1) is 0 Å². The minimum atomic E-state index is 0.0197. The molecular formula is C9H14O2. The van der Waals surface area contributed by atoms with Gasteiger partial charge in [-0.05, 0) is 19.3 Å². The second kappa shape index (κ2) is 3.16. The highest BCUT2D eigenvalue weighted by Crippen LogP contribution is 2.26. The van der Waals surface area contributed by atoms with E-state index in [1.54, 1.807) is 6.92 Å². The third-order valence-corrected chi connectivity index (χ3v) is 2.31. The van der Waals surface area contributed by atoms with Crippen LogP contribution in [0.5, 0.6) is 0 Å². The molecule has 1 rings (SSSR count). The van der Waals surface area contributed by atoms with Crippen molar-refractivity contribution in [3.05, 3.63) is 0 Å². The number of carbonyl (C=O) groups is 2. The molecule has 0 heterocycles. The fourth-order valence-corrected chi connectivity index (χ4v) is 1.71. The Morgan fingerprint density at radius 1 is 1.45 bits per heavy atom. The molecule has 1 saturated carbocycles. The van der Waals surface area contributed by atoms with Crippen LogP contribution in [0, 0.1) is 11.8 Å². The molecule has 0 aromatic carbocycles. The summed E-state index contributed by atoms with van der Waals surface area (Å²) < 4.78 is 0. The molecule has 2 unspecified atom stereocenters. The molecule has 0 N–H and O–H groups in total. The van der Waals surface area contributed by atoms with Gasteiger partial charge in [0.1, 0.15) is 11.6 Å². The van der Waals surface area contributed by atoms with Crippen molar-refractivity contribution in [2.24, 2.45) is 11.8 Å². The van der Waals surface area contributed by atoms with Crippen molar-refractivity contribution in [3.63, 3.8) is 0 Å². The van der Waals surface area contributed by atoms with Gasteiger partial charge in [0.15, 0.2) is 0 Å². The lowest BCUT2D eigenvalue weighted by atomic mass is 9.80. The van der Waals surface area contributed by atoms with E-state index in [4.69, 9.17) is 0 Å². The van der Waals surface area contributed by atoms with Gasteiger partial charge in [-0.1, -0.05) is 6.92 Å². The van der Waals surface area contributed by atoms with Gasteiger partial charge < -0.3 is 0 Å². The summed E-state index contributed by atoms with van der Waals surface area (Å²) in [6.07, 6.45) is 2.06. The third-order valence-electron chi connectivity index (χ3n) is 2.31. The van der Waals surface area contributed by atoms with Crippen LogP contribution in [0.3, 0.4) is 0 Å². The monoisotopic (exact) mass is 154 g/mol. The molecular weight excluding hydrogens is 140 g/mol. The minimum Gasteiger partial charge on any atom is -0.300 e. The Bertz CT molecular complexity index is 184. The molecule has 0 saturated heterocycles. The third kappa shape index (κ3) is 2.14. The maximum atomic E-state index is 11.0. The van der Waals surface area contributed by atoms with Crippen molar-refractivity contribution in [2.75, 3.05) is 0 Å². The maximum Gasteiger partial charge on any atom is 0.133 e. The van der Waals surface area contributed by atoms with Crippen LogP contribution in [0.1, 0.15) is 33.1 Å². The molecule has 0 bridgehead atoms. The van der Waals surface area contributed by atoms with E-state index in [-0.39, 0.29) is 17.5 Å². The normalized spacial score (nSPS) is 32.0. The van der Waals surface area contributed by atoms with Gasteiger partial charge in [0, 0.05) is 18.8 Å². The first-order chi connectivity index (χ1) is 5.09.